The van der Waals surface area contributed by atoms with E-state index >= 15 is 0 Å². The molecule has 0 radical (unpaired) electrons. The third-order valence-electron chi connectivity index (χ3n) is 3.72. The van der Waals surface area contributed by atoms with Gasteiger partial charge < -0.3 is 19.8 Å². The molecule has 5 nitrogen and oxygen atoms in total. The lowest BCUT2D eigenvalue weighted by atomic mass is 10.1. The van der Waals surface area contributed by atoms with Crippen LogP contribution in [0.4, 0.5) is 0 Å². The molecule has 0 bridgehead atoms. The smallest absolute Gasteiger partial charge is 0.253 e. The molecule has 2 aromatic heterocycles. The van der Waals surface area contributed by atoms with E-state index in [2.05, 4.69) is 10.3 Å². The Bertz CT molecular complexity index is 903. The number of rotatable bonds is 4. The van der Waals surface area contributed by atoms with Crippen LogP contribution in [0.25, 0.3) is 10.4 Å². The highest BCUT2D eigenvalue weighted by Gasteiger charge is 2.16. The van der Waals surface area contributed by atoms with Gasteiger partial charge in [-0.25, -0.2) is 0 Å². The molecule has 7 heteroatoms. The largest absolute Gasteiger partial charge is 0.454 e. The minimum Gasteiger partial charge on any atom is -0.454 e. The molecule has 0 saturated heterocycles. The van der Waals surface area contributed by atoms with Crippen molar-refractivity contribution < 1.29 is 14.3 Å². The van der Waals surface area contributed by atoms with Gasteiger partial charge >= 0.3 is 0 Å². The van der Waals surface area contributed by atoms with Gasteiger partial charge in [0, 0.05) is 29.4 Å². The van der Waals surface area contributed by atoms with Gasteiger partial charge in [0.15, 0.2) is 11.5 Å². The molecule has 0 saturated carbocycles. The maximum absolute atomic E-state index is 12.5. The van der Waals surface area contributed by atoms with Crippen molar-refractivity contribution in [3.05, 3.63) is 58.2 Å². The van der Waals surface area contributed by atoms with Gasteiger partial charge in [-0.2, -0.15) is 0 Å². The van der Waals surface area contributed by atoms with Crippen LogP contribution in [0.2, 0.25) is 4.34 Å². The fourth-order valence-electron chi connectivity index (χ4n) is 2.54. The first kappa shape index (κ1) is 15.1. The summed E-state index contributed by atoms with van der Waals surface area (Å²) in [6.45, 7) is 0.645. The summed E-state index contributed by atoms with van der Waals surface area (Å²) in [6, 6.07) is 9.36. The molecular formula is C17H13ClN2O3S. The highest BCUT2D eigenvalue weighted by molar-refractivity contribution is 7.19. The molecule has 24 heavy (non-hydrogen) atoms. The average molecular weight is 361 g/mol. The summed E-state index contributed by atoms with van der Waals surface area (Å²) in [5.74, 6) is 1.29. The fraction of sp³-hybridized carbons (Fsp3) is 0.118. The van der Waals surface area contributed by atoms with Gasteiger partial charge in [0.2, 0.25) is 6.79 Å². The standard InChI is InChI=1S/C17H13ClN2O3S/c18-16-4-3-15(24-16)11-7-19-8-12(11)17(21)20-6-10-1-2-13-14(5-10)23-9-22-13/h1-5,7-8,19H,6,9H2,(H,20,21). The number of carbonyl (C=O) groups is 1. The summed E-state index contributed by atoms with van der Waals surface area (Å²) in [5, 5.41) is 2.93. The van der Waals surface area contributed by atoms with Gasteiger partial charge in [-0.3, -0.25) is 4.79 Å². The maximum atomic E-state index is 12.5. The second-order valence-corrected chi connectivity index (χ2v) is 6.97. The summed E-state index contributed by atoms with van der Waals surface area (Å²) < 4.78 is 11.3. The molecule has 0 unspecified atom stereocenters. The van der Waals surface area contributed by atoms with Gasteiger partial charge in [-0.1, -0.05) is 17.7 Å². The summed E-state index contributed by atoms with van der Waals surface area (Å²) >= 11 is 7.42. The second kappa shape index (κ2) is 6.22. The number of halogens is 1. The molecule has 1 aromatic carbocycles. The highest BCUT2D eigenvalue weighted by Crippen LogP contribution is 2.34. The first-order valence-corrected chi connectivity index (χ1v) is 8.49. The van der Waals surface area contributed by atoms with E-state index in [9.17, 15) is 4.79 Å². The number of hydrogen-bond donors (Lipinski definition) is 2. The molecule has 4 rings (SSSR count). The van der Waals surface area contributed by atoms with Crippen molar-refractivity contribution in [1.29, 1.82) is 0 Å². The topological polar surface area (TPSA) is 63.4 Å². The Hall–Kier alpha value is -2.44. The first-order valence-electron chi connectivity index (χ1n) is 7.30. The normalized spacial score (nSPS) is 12.4. The average Bonchev–Trinajstić information content (AvgIpc) is 3.31. The summed E-state index contributed by atoms with van der Waals surface area (Å²) in [4.78, 5) is 16.4. The van der Waals surface area contributed by atoms with Crippen LogP contribution < -0.4 is 14.8 Å². The molecule has 1 aliphatic heterocycles. The molecule has 0 spiro atoms. The van der Waals surface area contributed by atoms with Crippen LogP contribution >= 0.6 is 22.9 Å². The SMILES string of the molecule is O=C(NCc1ccc2c(c1)OCO2)c1c[nH]cc1-c1ccc(Cl)s1. The molecule has 0 atom stereocenters. The molecule has 0 fully saturated rings. The van der Waals surface area contributed by atoms with Crippen LogP contribution in [-0.2, 0) is 6.54 Å². The maximum Gasteiger partial charge on any atom is 0.253 e. The first-order chi connectivity index (χ1) is 11.7. The van der Waals surface area contributed by atoms with E-state index in [4.69, 9.17) is 21.1 Å². The van der Waals surface area contributed by atoms with Crippen LogP contribution in [-0.4, -0.2) is 17.7 Å². The Morgan fingerprint density at radius 2 is 2.08 bits per heavy atom. The summed E-state index contributed by atoms with van der Waals surface area (Å²) in [5.41, 5.74) is 2.38. The highest BCUT2D eigenvalue weighted by atomic mass is 35.5. The zero-order chi connectivity index (χ0) is 16.5. The fourth-order valence-corrected chi connectivity index (χ4v) is 3.62. The van der Waals surface area contributed by atoms with Gasteiger partial charge in [-0.15, -0.1) is 11.3 Å². The minimum atomic E-state index is -0.145. The van der Waals surface area contributed by atoms with Crippen molar-refractivity contribution in [2.75, 3.05) is 6.79 Å². The molecule has 3 heterocycles. The second-order valence-electron chi connectivity index (χ2n) is 5.26. The third-order valence-corrected chi connectivity index (χ3v) is 4.98. The lowest BCUT2D eigenvalue weighted by Crippen LogP contribution is -2.22. The number of amides is 1. The van der Waals surface area contributed by atoms with E-state index in [0.29, 0.717) is 22.2 Å². The van der Waals surface area contributed by atoms with Crippen LogP contribution in [0.3, 0.4) is 0 Å². The quantitative estimate of drug-likeness (QED) is 0.737. The van der Waals surface area contributed by atoms with Crippen molar-refractivity contribution in [3.8, 4) is 21.9 Å². The van der Waals surface area contributed by atoms with Crippen LogP contribution in [0.15, 0.2) is 42.7 Å². The van der Waals surface area contributed by atoms with Crippen LogP contribution in [0, 0.1) is 0 Å². The molecule has 122 valence electrons. The molecule has 0 aliphatic carbocycles. The molecule has 1 aliphatic rings. The van der Waals surface area contributed by atoms with Crippen LogP contribution in [0.1, 0.15) is 15.9 Å². The Kier molecular flexibility index (Phi) is 3.92. The number of aromatic nitrogens is 1. The number of hydrogen-bond acceptors (Lipinski definition) is 4. The Morgan fingerprint density at radius 3 is 2.92 bits per heavy atom. The number of thiophene rings is 1. The van der Waals surface area contributed by atoms with E-state index < -0.39 is 0 Å². The number of nitrogens with one attached hydrogen (secondary N) is 2. The summed E-state index contributed by atoms with van der Waals surface area (Å²) in [7, 11) is 0. The number of ether oxygens (including phenoxy) is 2. The number of fused-ring (bicyclic) bond motifs is 1. The zero-order valence-electron chi connectivity index (χ0n) is 12.5. The van der Waals surface area contributed by atoms with Gasteiger partial charge in [0.05, 0.1) is 9.90 Å². The summed E-state index contributed by atoms with van der Waals surface area (Å²) in [6.07, 6.45) is 3.50. The minimum absolute atomic E-state index is 0.145. The van der Waals surface area contributed by atoms with Crippen LogP contribution in [0.5, 0.6) is 11.5 Å². The van der Waals surface area contributed by atoms with E-state index in [1.54, 1.807) is 12.4 Å². The van der Waals surface area contributed by atoms with Gasteiger partial charge in [-0.05, 0) is 29.8 Å². The van der Waals surface area contributed by atoms with Crippen molar-refractivity contribution in [2.24, 2.45) is 0 Å². The number of carbonyl (C=O) groups excluding carboxylic acids is 1. The van der Waals surface area contributed by atoms with E-state index in [0.717, 1.165) is 21.8 Å². The van der Waals surface area contributed by atoms with E-state index in [1.807, 2.05) is 30.3 Å². The monoisotopic (exact) mass is 360 g/mol. The Morgan fingerprint density at radius 1 is 1.21 bits per heavy atom. The van der Waals surface area contributed by atoms with Crippen molar-refractivity contribution in [2.45, 2.75) is 6.54 Å². The lowest BCUT2D eigenvalue weighted by Gasteiger charge is -2.06. The molecule has 3 aromatic rings. The van der Waals surface area contributed by atoms with Crippen molar-refractivity contribution in [1.82, 2.24) is 10.3 Å². The predicted octanol–water partition coefficient (Wildman–Crippen LogP) is 4.06. The van der Waals surface area contributed by atoms with E-state index in [1.165, 1.54) is 11.3 Å². The molecule has 2 N–H and O–H groups in total. The number of aromatic amines is 1. The Labute approximate surface area is 147 Å². The molecular weight excluding hydrogens is 348 g/mol. The zero-order valence-corrected chi connectivity index (χ0v) is 14.0. The van der Waals surface area contributed by atoms with Crippen molar-refractivity contribution in [3.63, 3.8) is 0 Å². The number of H-pyrrole nitrogens is 1. The number of benzene rings is 1. The lowest BCUT2D eigenvalue weighted by molar-refractivity contribution is 0.0951. The molecule has 1 amide bonds. The third kappa shape index (κ3) is 2.86. The van der Waals surface area contributed by atoms with Gasteiger partial charge in [0.25, 0.3) is 5.91 Å². The van der Waals surface area contributed by atoms with Gasteiger partial charge in [0.1, 0.15) is 0 Å². The van der Waals surface area contributed by atoms with E-state index in [-0.39, 0.29) is 12.7 Å². The Balaban J connectivity index is 1.48. The predicted molar refractivity (Wildman–Crippen MR) is 92.9 cm³/mol. The van der Waals surface area contributed by atoms with Crippen molar-refractivity contribution >= 4 is 28.8 Å².